The van der Waals surface area contributed by atoms with Gasteiger partial charge in [0, 0.05) is 0 Å². The molecule has 2 aromatic rings. The van der Waals surface area contributed by atoms with E-state index in [4.69, 9.17) is 0 Å². The van der Waals surface area contributed by atoms with Crippen molar-refractivity contribution in [1.29, 1.82) is 0 Å². The van der Waals surface area contributed by atoms with Gasteiger partial charge in [-0.3, -0.25) is 4.79 Å². The fourth-order valence-electron chi connectivity index (χ4n) is 2.69. The number of nitrogens with one attached hydrogen (secondary N) is 2. The van der Waals surface area contributed by atoms with E-state index < -0.39 is 0 Å². The van der Waals surface area contributed by atoms with E-state index in [0.717, 1.165) is 25.8 Å². The fraction of sp³-hybridized carbons (Fsp3) is 0.375. The number of rotatable bonds is 3. The first-order valence-corrected chi connectivity index (χ1v) is 7.50. The number of hydrogen-bond acceptors (Lipinski definition) is 3. The van der Waals surface area contributed by atoms with Crippen LogP contribution >= 0.6 is 0 Å². The third kappa shape index (κ3) is 2.87. The zero-order valence-electron chi connectivity index (χ0n) is 12.5. The first-order chi connectivity index (χ1) is 10.7. The number of carbonyl (C=O) groups excluding carboxylic acids is 1. The Morgan fingerprint density at radius 3 is 2.95 bits per heavy atom. The first-order valence-electron chi connectivity index (χ1n) is 7.50. The number of hydrogen-bond donors (Lipinski definition) is 2. The van der Waals surface area contributed by atoms with Crippen LogP contribution in [-0.2, 0) is 4.79 Å². The molecule has 1 saturated heterocycles. The summed E-state index contributed by atoms with van der Waals surface area (Å²) in [6.45, 7) is 2.68. The number of aromatic nitrogens is 2. The minimum atomic E-state index is -0.347. The van der Waals surface area contributed by atoms with E-state index >= 15 is 0 Å². The maximum atomic E-state index is 13.9. The third-order valence-electron chi connectivity index (χ3n) is 3.98. The van der Waals surface area contributed by atoms with Crippen molar-refractivity contribution in [3.63, 3.8) is 0 Å². The second-order valence-electron chi connectivity index (χ2n) is 5.50. The molecule has 0 saturated carbocycles. The molecule has 0 aliphatic carbocycles. The Morgan fingerprint density at radius 1 is 1.41 bits per heavy atom. The highest BCUT2D eigenvalue weighted by atomic mass is 19.1. The van der Waals surface area contributed by atoms with Crippen LogP contribution in [-0.4, -0.2) is 28.3 Å². The van der Waals surface area contributed by atoms with E-state index in [1.165, 1.54) is 10.7 Å². The smallest absolute Gasteiger partial charge is 0.241 e. The molecule has 0 spiro atoms. The summed E-state index contributed by atoms with van der Waals surface area (Å²) >= 11 is 0. The van der Waals surface area contributed by atoms with E-state index in [9.17, 15) is 9.18 Å². The molecular weight excluding hydrogens is 283 g/mol. The van der Waals surface area contributed by atoms with E-state index in [1.807, 2.05) is 6.92 Å². The topological polar surface area (TPSA) is 59.0 Å². The SMILES string of the molecule is Cc1c(NC(=O)[C@@H]2CCCCN2)cnn1-c1ccccc1F. The Labute approximate surface area is 128 Å². The molecule has 0 bridgehead atoms. The van der Waals surface area contributed by atoms with Crippen LogP contribution in [0.15, 0.2) is 30.5 Å². The summed E-state index contributed by atoms with van der Waals surface area (Å²) in [6, 6.07) is 6.27. The van der Waals surface area contributed by atoms with Gasteiger partial charge in [-0.05, 0) is 38.4 Å². The molecule has 1 atom stereocenters. The summed E-state index contributed by atoms with van der Waals surface area (Å²) in [7, 11) is 0. The number of benzene rings is 1. The number of para-hydroxylation sites is 1. The normalized spacial score (nSPS) is 18.2. The second kappa shape index (κ2) is 6.27. The van der Waals surface area contributed by atoms with E-state index in [1.54, 1.807) is 24.4 Å². The summed E-state index contributed by atoms with van der Waals surface area (Å²) in [5.41, 5.74) is 1.69. The second-order valence-corrected chi connectivity index (χ2v) is 5.50. The van der Waals surface area contributed by atoms with Crippen molar-refractivity contribution in [2.75, 3.05) is 11.9 Å². The van der Waals surface area contributed by atoms with Crippen LogP contribution in [0.2, 0.25) is 0 Å². The number of halogens is 1. The molecule has 3 rings (SSSR count). The number of nitrogens with zero attached hydrogens (tertiary/aromatic N) is 2. The molecule has 0 radical (unpaired) electrons. The van der Waals surface area contributed by atoms with E-state index in [-0.39, 0.29) is 17.8 Å². The molecule has 1 aromatic heterocycles. The minimum absolute atomic E-state index is 0.0594. The Bertz CT molecular complexity index is 677. The zero-order valence-corrected chi connectivity index (χ0v) is 12.5. The fourth-order valence-corrected chi connectivity index (χ4v) is 2.69. The maximum Gasteiger partial charge on any atom is 0.241 e. The number of piperidine rings is 1. The lowest BCUT2D eigenvalue weighted by atomic mass is 10.0. The van der Waals surface area contributed by atoms with Gasteiger partial charge in [0.05, 0.1) is 23.6 Å². The van der Waals surface area contributed by atoms with Crippen LogP contribution in [0.4, 0.5) is 10.1 Å². The lowest BCUT2D eigenvalue weighted by molar-refractivity contribution is -0.118. The summed E-state index contributed by atoms with van der Waals surface area (Å²) in [4.78, 5) is 12.2. The summed E-state index contributed by atoms with van der Waals surface area (Å²) < 4.78 is 15.4. The zero-order chi connectivity index (χ0) is 15.5. The molecule has 1 fully saturated rings. The Balaban J connectivity index is 1.79. The predicted molar refractivity (Wildman–Crippen MR) is 82.5 cm³/mol. The van der Waals surface area contributed by atoms with Gasteiger partial charge in [-0.25, -0.2) is 9.07 Å². The number of carbonyl (C=O) groups is 1. The van der Waals surface area contributed by atoms with Crippen molar-refractivity contribution in [1.82, 2.24) is 15.1 Å². The average molecular weight is 302 g/mol. The van der Waals surface area contributed by atoms with Crippen LogP contribution in [0, 0.1) is 12.7 Å². The van der Waals surface area contributed by atoms with Crippen LogP contribution in [0.1, 0.15) is 25.0 Å². The molecule has 116 valence electrons. The molecule has 1 aromatic carbocycles. The van der Waals surface area contributed by atoms with Gasteiger partial charge >= 0.3 is 0 Å². The van der Waals surface area contributed by atoms with Gasteiger partial charge in [-0.2, -0.15) is 5.10 Å². The molecule has 6 heteroatoms. The molecule has 1 aliphatic heterocycles. The van der Waals surface area contributed by atoms with E-state index in [0.29, 0.717) is 17.1 Å². The molecule has 22 heavy (non-hydrogen) atoms. The number of amides is 1. The molecule has 2 heterocycles. The molecule has 0 unspecified atom stereocenters. The van der Waals surface area contributed by atoms with Crippen molar-refractivity contribution in [3.8, 4) is 5.69 Å². The van der Waals surface area contributed by atoms with Gasteiger partial charge in [-0.1, -0.05) is 18.6 Å². The standard InChI is InChI=1S/C16H19FN4O/c1-11-14(20-16(22)13-7-4-5-9-18-13)10-19-21(11)15-8-3-2-6-12(15)17/h2-3,6,8,10,13,18H,4-5,7,9H2,1H3,(H,20,22)/t13-/m0/s1. The van der Waals surface area contributed by atoms with Gasteiger partial charge in [-0.15, -0.1) is 0 Å². The highest BCUT2D eigenvalue weighted by Gasteiger charge is 2.22. The first kappa shape index (κ1) is 14.7. The molecule has 1 amide bonds. The largest absolute Gasteiger partial charge is 0.322 e. The highest BCUT2D eigenvalue weighted by Crippen LogP contribution is 2.21. The monoisotopic (exact) mass is 302 g/mol. The van der Waals surface area contributed by atoms with Crippen molar-refractivity contribution in [2.45, 2.75) is 32.2 Å². The predicted octanol–water partition coefficient (Wildman–Crippen LogP) is 2.40. The van der Waals surface area contributed by atoms with Gasteiger partial charge in [0.25, 0.3) is 0 Å². The minimum Gasteiger partial charge on any atom is -0.322 e. The van der Waals surface area contributed by atoms with Gasteiger partial charge in [0.2, 0.25) is 5.91 Å². The van der Waals surface area contributed by atoms with Crippen LogP contribution in [0.5, 0.6) is 0 Å². The molecule has 5 nitrogen and oxygen atoms in total. The number of anilines is 1. The van der Waals surface area contributed by atoms with Gasteiger partial charge in [0.1, 0.15) is 11.5 Å². The van der Waals surface area contributed by atoms with Crippen molar-refractivity contribution >= 4 is 11.6 Å². The van der Waals surface area contributed by atoms with Crippen LogP contribution in [0.3, 0.4) is 0 Å². The Kier molecular flexibility index (Phi) is 4.20. The molecule has 2 N–H and O–H groups in total. The van der Waals surface area contributed by atoms with Crippen LogP contribution in [0.25, 0.3) is 5.69 Å². The maximum absolute atomic E-state index is 13.9. The average Bonchev–Trinajstić information content (AvgIpc) is 2.90. The Morgan fingerprint density at radius 2 is 2.23 bits per heavy atom. The summed E-state index contributed by atoms with van der Waals surface area (Å²) in [5.74, 6) is -0.406. The van der Waals surface area contributed by atoms with Crippen molar-refractivity contribution in [2.24, 2.45) is 0 Å². The molecular formula is C16H19FN4O. The molecule has 1 aliphatic rings. The van der Waals surface area contributed by atoms with Gasteiger partial charge < -0.3 is 10.6 Å². The summed E-state index contributed by atoms with van der Waals surface area (Å²) in [5, 5.41) is 10.3. The van der Waals surface area contributed by atoms with Crippen LogP contribution < -0.4 is 10.6 Å². The summed E-state index contributed by atoms with van der Waals surface area (Å²) in [6.07, 6.45) is 4.56. The van der Waals surface area contributed by atoms with Gasteiger partial charge in [0.15, 0.2) is 0 Å². The van der Waals surface area contributed by atoms with Crippen molar-refractivity contribution < 1.29 is 9.18 Å². The Hall–Kier alpha value is -2.21. The lowest BCUT2D eigenvalue weighted by Gasteiger charge is -2.22. The van der Waals surface area contributed by atoms with E-state index in [2.05, 4.69) is 15.7 Å². The quantitative estimate of drug-likeness (QED) is 0.915. The van der Waals surface area contributed by atoms with Crippen molar-refractivity contribution in [3.05, 3.63) is 42.0 Å². The highest BCUT2D eigenvalue weighted by molar-refractivity contribution is 5.95. The third-order valence-corrected chi connectivity index (χ3v) is 3.98. The lowest BCUT2D eigenvalue weighted by Crippen LogP contribution is -2.43.